The highest BCUT2D eigenvalue weighted by Gasteiger charge is 2.47. The number of aliphatic hydroxyl groups is 1. The topological polar surface area (TPSA) is 76.1 Å². The summed E-state index contributed by atoms with van der Waals surface area (Å²) in [5.74, 6) is -1.09. The summed E-state index contributed by atoms with van der Waals surface area (Å²) in [5.41, 5.74) is 1.08. The standard InChI is InChI=1S/C23H22ClNO5/c1-29-18-7-3-2-6-17(18)20-19(21(26)14-8-10-15(24)11-9-14)22(27)23(28)25(20)13-16-5-4-12-30-16/h2-3,6-11,16,20,26H,4-5,12-13H2,1H3/t16-,20-/m0/s1. The molecule has 4 rings (SSSR count). The zero-order valence-corrected chi connectivity index (χ0v) is 17.3. The number of likely N-dealkylation sites (tertiary alicyclic amines) is 1. The number of aliphatic hydroxyl groups excluding tert-OH is 1. The first-order chi connectivity index (χ1) is 14.5. The number of hydrogen-bond donors (Lipinski definition) is 1. The Morgan fingerprint density at radius 1 is 1.20 bits per heavy atom. The number of halogens is 1. The predicted octanol–water partition coefficient (Wildman–Crippen LogP) is 3.95. The van der Waals surface area contributed by atoms with E-state index < -0.39 is 17.7 Å². The molecule has 0 aromatic heterocycles. The Kier molecular flexibility index (Phi) is 5.79. The monoisotopic (exact) mass is 427 g/mol. The molecular weight excluding hydrogens is 406 g/mol. The Balaban J connectivity index is 1.86. The molecule has 6 nitrogen and oxygen atoms in total. The van der Waals surface area contributed by atoms with E-state index in [4.69, 9.17) is 21.1 Å². The molecule has 156 valence electrons. The zero-order valence-electron chi connectivity index (χ0n) is 16.5. The summed E-state index contributed by atoms with van der Waals surface area (Å²) in [4.78, 5) is 27.5. The van der Waals surface area contributed by atoms with Gasteiger partial charge in [-0.2, -0.15) is 0 Å². The minimum atomic E-state index is -0.777. The second-order valence-corrected chi connectivity index (χ2v) is 7.77. The molecule has 1 N–H and O–H groups in total. The lowest BCUT2D eigenvalue weighted by molar-refractivity contribution is -0.140. The van der Waals surface area contributed by atoms with Crippen LogP contribution in [-0.4, -0.2) is 48.1 Å². The number of ether oxygens (including phenoxy) is 2. The first-order valence-electron chi connectivity index (χ1n) is 9.80. The van der Waals surface area contributed by atoms with E-state index in [-0.39, 0.29) is 24.0 Å². The fourth-order valence-corrected chi connectivity index (χ4v) is 4.18. The van der Waals surface area contributed by atoms with Crippen LogP contribution in [0.15, 0.2) is 54.1 Å². The van der Waals surface area contributed by atoms with Gasteiger partial charge in [-0.05, 0) is 43.2 Å². The first-order valence-corrected chi connectivity index (χ1v) is 10.2. The maximum atomic E-state index is 13.0. The average Bonchev–Trinajstić information content (AvgIpc) is 3.36. The predicted molar refractivity (Wildman–Crippen MR) is 112 cm³/mol. The van der Waals surface area contributed by atoms with Crippen molar-refractivity contribution in [3.63, 3.8) is 0 Å². The number of nitrogens with zero attached hydrogens (tertiary/aromatic N) is 1. The molecule has 30 heavy (non-hydrogen) atoms. The third-order valence-corrected chi connectivity index (χ3v) is 5.77. The van der Waals surface area contributed by atoms with Crippen LogP contribution in [0.4, 0.5) is 0 Å². The van der Waals surface area contributed by atoms with Crippen LogP contribution < -0.4 is 4.74 Å². The van der Waals surface area contributed by atoms with Crippen LogP contribution in [0.1, 0.15) is 30.0 Å². The van der Waals surface area contributed by atoms with Crippen LogP contribution in [0, 0.1) is 0 Å². The molecule has 2 aliphatic heterocycles. The van der Waals surface area contributed by atoms with E-state index in [1.54, 1.807) is 36.4 Å². The fourth-order valence-electron chi connectivity index (χ4n) is 4.05. The minimum Gasteiger partial charge on any atom is -0.507 e. The van der Waals surface area contributed by atoms with Crippen molar-refractivity contribution >= 4 is 29.1 Å². The van der Waals surface area contributed by atoms with Gasteiger partial charge < -0.3 is 19.5 Å². The van der Waals surface area contributed by atoms with Crippen molar-refractivity contribution in [3.8, 4) is 5.75 Å². The highest BCUT2D eigenvalue weighted by Crippen LogP contribution is 2.43. The maximum absolute atomic E-state index is 13.0. The van der Waals surface area contributed by atoms with Gasteiger partial charge in [0.1, 0.15) is 11.5 Å². The van der Waals surface area contributed by atoms with Crippen LogP contribution in [0.5, 0.6) is 5.75 Å². The number of amides is 1. The summed E-state index contributed by atoms with van der Waals surface area (Å²) in [5, 5.41) is 11.5. The number of ketones is 1. The van der Waals surface area contributed by atoms with Crippen molar-refractivity contribution in [1.29, 1.82) is 0 Å². The van der Waals surface area contributed by atoms with Gasteiger partial charge in [0.05, 0.1) is 24.8 Å². The number of carbonyl (C=O) groups excluding carboxylic acids is 2. The fraction of sp³-hybridized carbons (Fsp3) is 0.304. The summed E-state index contributed by atoms with van der Waals surface area (Å²) in [6.07, 6.45) is 1.59. The van der Waals surface area contributed by atoms with E-state index in [1.165, 1.54) is 12.0 Å². The third kappa shape index (κ3) is 3.68. The van der Waals surface area contributed by atoms with Gasteiger partial charge in [0.15, 0.2) is 0 Å². The van der Waals surface area contributed by atoms with Crippen LogP contribution in [0.2, 0.25) is 5.02 Å². The van der Waals surface area contributed by atoms with Crippen molar-refractivity contribution < 1.29 is 24.2 Å². The van der Waals surface area contributed by atoms with Gasteiger partial charge in [-0.25, -0.2) is 0 Å². The van der Waals surface area contributed by atoms with Crippen LogP contribution in [0.25, 0.3) is 5.76 Å². The van der Waals surface area contributed by atoms with Crippen molar-refractivity contribution in [3.05, 3.63) is 70.3 Å². The van der Waals surface area contributed by atoms with Gasteiger partial charge in [0, 0.05) is 29.3 Å². The molecule has 2 heterocycles. The quantitative estimate of drug-likeness (QED) is 0.444. The third-order valence-electron chi connectivity index (χ3n) is 5.52. The average molecular weight is 428 g/mol. The number of hydrogen-bond acceptors (Lipinski definition) is 5. The minimum absolute atomic E-state index is 0.0322. The normalized spacial score (nSPS) is 23.2. The van der Waals surface area contributed by atoms with E-state index in [9.17, 15) is 14.7 Å². The summed E-state index contributed by atoms with van der Waals surface area (Å²) in [7, 11) is 1.53. The lowest BCUT2D eigenvalue weighted by Crippen LogP contribution is -2.36. The number of benzene rings is 2. The summed E-state index contributed by atoms with van der Waals surface area (Å²) in [6, 6.07) is 12.9. The molecule has 2 aromatic carbocycles. The van der Waals surface area contributed by atoms with E-state index in [0.29, 0.717) is 28.5 Å². The highest BCUT2D eigenvalue weighted by molar-refractivity contribution is 6.46. The van der Waals surface area contributed by atoms with Crippen molar-refractivity contribution in [2.45, 2.75) is 25.0 Å². The van der Waals surface area contributed by atoms with Crippen molar-refractivity contribution in [2.24, 2.45) is 0 Å². The SMILES string of the molecule is COc1ccccc1[C@H]1C(=C(O)c2ccc(Cl)cc2)C(=O)C(=O)N1C[C@@H]1CCCO1. The summed E-state index contributed by atoms with van der Waals surface area (Å²) in [6.45, 7) is 0.906. The Morgan fingerprint density at radius 2 is 1.93 bits per heavy atom. The molecule has 2 saturated heterocycles. The smallest absolute Gasteiger partial charge is 0.295 e. The van der Waals surface area contributed by atoms with Crippen molar-refractivity contribution in [2.75, 3.05) is 20.3 Å². The van der Waals surface area contributed by atoms with E-state index >= 15 is 0 Å². The summed E-state index contributed by atoms with van der Waals surface area (Å²) >= 11 is 5.95. The molecule has 0 spiro atoms. The lowest BCUT2D eigenvalue weighted by Gasteiger charge is -2.28. The molecule has 0 aliphatic carbocycles. The van der Waals surface area contributed by atoms with Crippen LogP contribution in [-0.2, 0) is 14.3 Å². The molecule has 0 bridgehead atoms. The molecule has 2 atom stereocenters. The number of carbonyl (C=O) groups is 2. The second-order valence-electron chi connectivity index (χ2n) is 7.34. The Morgan fingerprint density at radius 3 is 2.60 bits per heavy atom. The van der Waals surface area contributed by atoms with Crippen LogP contribution >= 0.6 is 11.6 Å². The highest BCUT2D eigenvalue weighted by atomic mass is 35.5. The van der Waals surface area contributed by atoms with Gasteiger partial charge in [0.25, 0.3) is 11.7 Å². The van der Waals surface area contributed by atoms with Gasteiger partial charge >= 0.3 is 0 Å². The first kappa shape index (κ1) is 20.4. The molecular formula is C23H22ClNO5. The molecule has 7 heteroatoms. The Bertz CT molecular complexity index is 995. The van der Waals surface area contributed by atoms with E-state index in [2.05, 4.69) is 0 Å². The summed E-state index contributed by atoms with van der Waals surface area (Å²) < 4.78 is 11.2. The van der Waals surface area contributed by atoms with Gasteiger partial charge in [-0.3, -0.25) is 9.59 Å². The van der Waals surface area contributed by atoms with Gasteiger partial charge in [0.2, 0.25) is 0 Å². The Hall–Kier alpha value is -2.83. The van der Waals surface area contributed by atoms with E-state index in [0.717, 1.165) is 12.8 Å². The molecule has 0 unspecified atom stereocenters. The number of para-hydroxylation sites is 1. The van der Waals surface area contributed by atoms with E-state index in [1.807, 2.05) is 12.1 Å². The molecule has 0 saturated carbocycles. The molecule has 2 aliphatic rings. The van der Waals surface area contributed by atoms with Crippen LogP contribution in [0.3, 0.4) is 0 Å². The van der Waals surface area contributed by atoms with Crippen molar-refractivity contribution in [1.82, 2.24) is 4.90 Å². The number of methoxy groups -OCH3 is 1. The molecule has 0 radical (unpaired) electrons. The molecule has 1 amide bonds. The maximum Gasteiger partial charge on any atom is 0.295 e. The number of Topliss-reactive ketones (excluding diaryl/α,β-unsaturated/α-hetero) is 1. The molecule has 2 fully saturated rings. The Labute approximate surface area is 179 Å². The number of rotatable bonds is 5. The zero-order chi connectivity index (χ0) is 21.3. The lowest BCUT2D eigenvalue weighted by atomic mass is 9.94. The second kappa shape index (κ2) is 8.50. The van der Waals surface area contributed by atoms with Gasteiger partial charge in [-0.1, -0.05) is 29.8 Å². The largest absolute Gasteiger partial charge is 0.507 e. The molecule has 2 aromatic rings. The van der Waals surface area contributed by atoms with Gasteiger partial charge in [-0.15, -0.1) is 0 Å².